The molecule has 0 bridgehead atoms. The van der Waals surface area contributed by atoms with Gasteiger partial charge in [0, 0.05) is 11.8 Å². The van der Waals surface area contributed by atoms with Crippen molar-refractivity contribution in [2.75, 3.05) is 19.1 Å². The zero-order valence-electron chi connectivity index (χ0n) is 19.2. The number of aromatic nitrogens is 1. The van der Waals surface area contributed by atoms with Crippen molar-refractivity contribution >= 4 is 29.0 Å². The quantitative estimate of drug-likeness (QED) is 0.291. The summed E-state index contributed by atoms with van der Waals surface area (Å²) in [6.07, 6.45) is 1.75. The number of nitrogens with one attached hydrogen (secondary N) is 1. The summed E-state index contributed by atoms with van der Waals surface area (Å²) in [6, 6.07) is 23.8. The Morgan fingerprint density at radius 2 is 1.77 bits per heavy atom. The topological polar surface area (TPSA) is 76.8 Å². The SMILES string of the molecule is COC(=O)c1ccccc1-c1ccc([C@@H]2[C@H](c3ccccn3)NC(=S)N2c2ccccc2OC)o1. The standard InChI is InChI=1S/C27H23N3O4S/c1-32-22-13-6-5-12-20(22)30-25(24(29-27(30)35)19-11-7-8-16-28-19)23-15-14-21(34-23)17-9-3-4-10-18(17)26(31)33-2/h3-16,24-25H,1-2H3,(H,29,35)/t24-,25+/m0/s1. The average molecular weight is 486 g/mol. The van der Waals surface area contributed by atoms with Crippen LogP contribution in [0.3, 0.4) is 0 Å². The molecule has 0 spiro atoms. The summed E-state index contributed by atoms with van der Waals surface area (Å²) >= 11 is 5.78. The van der Waals surface area contributed by atoms with Gasteiger partial charge < -0.3 is 24.1 Å². The molecule has 1 saturated heterocycles. The molecule has 1 N–H and O–H groups in total. The van der Waals surface area contributed by atoms with Crippen LogP contribution in [0.15, 0.2) is 89.5 Å². The summed E-state index contributed by atoms with van der Waals surface area (Å²) < 4.78 is 17.0. The molecule has 2 atom stereocenters. The molecule has 2 aromatic heterocycles. The molecule has 0 saturated carbocycles. The van der Waals surface area contributed by atoms with Gasteiger partial charge in [-0.2, -0.15) is 0 Å². The third kappa shape index (κ3) is 4.13. The number of para-hydroxylation sites is 2. The summed E-state index contributed by atoms with van der Waals surface area (Å²) in [7, 11) is 2.99. The van der Waals surface area contributed by atoms with Crippen molar-refractivity contribution in [2.45, 2.75) is 12.1 Å². The van der Waals surface area contributed by atoms with Crippen molar-refractivity contribution in [1.82, 2.24) is 10.3 Å². The summed E-state index contributed by atoms with van der Waals surface area (Å²) in [4.78, 5) is 18.9. The lowest BCUT2D eigenvalue weighted by atomic mass is 10.0. The summed E-state index contributed by atoms with van der Waals surface area (Å²) in [6.45, 7) is 0. The van der Waals surface area contributed by atoms with Gasteiger partial charge >= 0.3 is 5.97 Å². The highest BCUT2D eigenvalue weighted by Crippen LogP contribution is 2.45. The minimum absolute atomic E-state index is 0.275. The van der Waals surface area contributed by atoms with Crippen LogP contribution < -0.4 is 15.0 Å². The van der Waals surface area contributed by atoms with Crippen LogP contribution >= 0.6 is 12.2 Å². The van der Waals surface area contributed by atoms with Crippen LogP contribution in [-0.2, 0) is 4.74 Å². The lowest BCUT2D eigenvalue weighted by Gasteiger charge is -2.27. The van der Waals surface area contributed by atoms with Gasteiger partial charge in [-0.3, -0.25) is 4.98 Å². The third-order valence-electron chi connectivity index (χ3n) is 5.96. The fourth-order valence-electron chi connectivity index (χ4n) is 4.37. The Balaban J connectivity index is 1.63. The minimum Gasteiger partial charge on any atom is -0.495 e. The molecule has 1 aliphatic rings. The van der Waals surface area contributed by atoms with Gasteiger partial charge in [0.05, 0.1) is 37.2 Å². The monoisotopic (exact) mass is 485 g/mol. The van der Waals surface area contributed by atoms with Gasteiger partial charge in [0.1, 0.15) is 23.3 Å². The van der Waals surface area contributed by atoms with E-state index in [9.17, 15) is 4.79 Å². The predicted octanol–water partition coefficient (Wildman–Crippen LogP) is 5.31. The third-order valence-corrected chi connectivity index (χ3v) is 6.27. The van der Waals surface area contributed by atoms with Crippen LogP contribution in [0.5, 0.6) is 5.75 Å². The molecular formula is C27H23N3O4S. The number of furan rings is 1. The number of benzene rings is 2. The lowest BCUT2D eigenvalue weighted by molar-refractivity contribution is 0.0601. The fourth-order valence-corrected chi connectivity index (χ4v) is 4.71. The Morgan fingerprint density at radius 1 is 1.00 bits per heavy atom. The first-order valence-corrected chi connectivity index (χ1v) is 11.4. The normalized spacial score (nSPS) is 17.2. The highest BCUT2D eigenvalue weighted by Gasteiger charge is 2.43. The number of nitrogens with zero attached hydrogens (tertiary/aromatic N) is 2. The zero-order valence-corrected chi connectivity index (χ0v) is 20.0. The first-order chi connectivity index (χ1) is 17.1. The van der Waals surface area contributed by atoms with E-state index in [4.69, 9.17) is 26.1 Å². The van der Waals surface area contributed by atoms with Gasteiger partial charge in [-0.25, -0.2) is 4.79 Å². The van der Waals surface area contributed by atoms with E-state index >= 15 is 0 Å². The summed E-state index contributed by atoms with van der Waals surface area (Å²) in [5.41, 5.74) is 2.71. The number of methoxy groups -OCH3 is 2. The Morgan fingerprint density at radius 3 is 2.54 bits per heavy atom. The molecule has 0 radical (unpaired) electrons. The molecule has 4 aromatic rings. The van der Waals surface area contributed by atoms with E-state index in [0.717, 1.165) is 11.4 Å². The molecule has 0 aliphatic carbocycles. The van der Waals surface area contributed by atoms with E-state index in [-0.39, 0.29) is 12.1 Å². The number of carbonyl (C=O) groups excluding carboxylic acids is 1. The molecule has 35 heavy (non-hydrogen) atoms. The zero-order chi connectivity index (χ0) is 24.4. The number of thiocarbonyl (C=S) groups is 1. The van der Waals surface area contributed by atoms with Crippen LogP contribution in [-0.4, -0.2) is 30.3 Å². The number of pyridine rings is 1. The Kier molecular flexibility index (Phi) is 6.20. The number of rotatable bonds is 6. The maximum absolute atomic E-state index is 12.3. The van der Waals surface area contributed by atoms with Gasteiger partial charge in [-0.1, -0.05) is 36.4 Å². The van der Waals surface area contributed by atoms with E-state index in [1.807, 2.05) is 71.6 Å². The van der Waals surface area contributed by atoms with Gasteiger partial charge in [0.25, 0.3) is 0 Å². The van der Waals surface area contributed by atoms with Crippen molar-refractivity contribution < 1.29 is 18.7 Å². The molecule has 0 unspecified atom stereocenters. The van der Waals surface area contributed by atoms with Crippen molar-refractivity contribution in [3.63, 3.8) is 0 Å². The second-order valence-electron chi connectivity index (χ2n) is 7.91. The van der Waals surface area contributed by atoms with E-state index in [0.29, 0.717) is 33.5 Å². The van der Waals surface area contributed by atoms with Gasteiger partial charge in [0.15, 0.2) is 5.11 Å². The molecule has 5 rings (SSSR count). The molecule has 3 heterocycles. The molecule has 8 heteroatoms. The van der Waals surface area contributed by atoms with E-state index in [2.05, 4.69) is 10.3 Å². The van der Waals surface area contributed by atoms with Crippen LogP contribution in [0.25, 0.3) is 11.3 Å². The molecule has 7 nitrogen and oxygen atoms in total. The number of hydrogen-bond acceptors (Lipinski definition) is 6. The molecule has 176 valence electrons. The molecule has 1 aliphatic heterocycles. The van der Waals surface area contributed by atoms with Crippen molar-refractivity contribution in [3.8, 4) is 17.1 Å². The summed E-state index contributed by atoms with van der Waals surface area (Å²) in [5, 5.41) is 3.94. The summed E-state index contributed by atoms with van der Waals surface area (Å²) in [5.74, 6) is 1.47. The number of carbonyl (C=O) groups is 1. The van der Waals surface area contributed by atoms with Gasteiger partial charge in [-0.15, -0.1) is 0 Å². The largest absolute Gasteiger partial charge is 0.495 e. The maximum atomic E-state index is 12.3. The Hall–Kier alpha value is -4.17. The first kappa shape index (κ1) is 22.6. The van der Waals surface area contributed by atoms with E-state index in [1.54, 1.807) is 25.4 Å². The lowest BCUT2D eigenvalue weighted by Crippen LogP contribution is -2.29. The maximum Gasteiger partial charge on any atom is 0.338 e. The molecule has 2 aromatic carbocycles. The van der Waals surface area contributed by atoms with Gasteiger partial charge in [0.2, 0.25) is 0 Å². The number of ether oxygens (including phenoxy) is 2. The van der Waals surface area contributed by atoms with E-state index in [1.165, 1.54) is 7.11 Å². The van der Waals surface area contributed by atoms with Crippen LogP contribution in [0, 0.1) is 0 Å². The highest BCUT2D eigenvalue weighted by molar-refractivity contribution is 7.80. The number of anilines is 1. The average Bonchev–Trinajstić information content (AvgIpc) is 3.53. The molecule has 0 amide bonds. The smallest absolute Gasteiger partial charge is 0.338 e. The van der Waals surface area contributed by atoms with E-state index < -0.39 is 5.97 Å². The predicted molar refractivity (Wildman–Crippen MR) is 136 cm³/mol. The highest BCUT2D eigenvalue weighted by atomic mass is 32.1. The van der Waals surface area contributed by atoms with Crippen molar-refractivity contribution in [2.24, 2.45) is 0 Å². The van der Waals surface area contributed by atoms with Gasteiger partial charge in [-0.05, 0) is 54.7 Å². The minimum atomic E-state index is -0.427. The number of esters is 1. The second kappa shape index (κ2) is 9.60. The molecular weight excluding hydrogens is 462 g/mol. The van der Waals surface area contributed by atoms with Crippen LogP contribution in [0.2, 0.25) is 0 Å². The fraction of sp³-hybridized carbons (Fsp3) is 0.148. The number of hydrogen-bond donors (Lipinski definition) is 1. The second-order valence-corrected chi connectivity index (χ2v) is 8.29. The van der Waals surface area contributed by atoms with Crippen molar-refractivity contribution in [1.29, 1.82) is 0 Å². The van der Waals surface area contributed by atoms with Crippen LogP contribution in [0.4, 0.5) is 5.69 Å². The van der Waals surface area contributed by atoms with Crippen LogP contribution in [0.1, 0.15) is 33.9 Å². The Labute approximate surface area is 208 Å². The Bertz CT molecular complexity index is 1370. The van der Waals surface area contributed by atoms with Crippen molar-refractivity contribution in [3.05, 3.63) is 102 Å². The first-order valence-electron chi connectivity index (χ1n) is 11.0. The molecule has 1 fully saturated rings.